The zero-order valence-corrected chi connectivity index (χ0v) is 9.46. The van der Waals surface area contributed by atoms with E-state index in [2.05, 4.69) is 10.4 Å². The van der Waals surface area contributed by atoms with Crippen LogP contribution in [0.15, 0.2) is 4.79 Å². The van der Waals surface area contributed by atoms with Crippen molar-refractivity contribution in [2.75, 3.05) is 11.9 Å². The van der Waals surface area contributed by atoms with Crippen molar-refractivity contribution in [3.05, 3.63) is 10.5 Å². The zero-order valence-electron chi connectivity index (χ0n) is 9.46. The Labute approximate surface area is 83.7 Å². The average molecular weight is 198 g/mol. The lowest BCUT2D eigenvalue weighted by atomic mass is 10.1. The Balaban J connectivity index is 3.31. The van der Waals surface area contributed by atoms with Crippen molar-refractivity contribution in [1.29, 1.82) is 0 Å². The fourth-order valence-corrected chi connectivity index (χ4v) is 1.34. The molecule has 5 heteroatoms. The van der Waals surface area contributed by atoms with Gasteiger partial charge in [0.15, 0.2) is 0 Å². The molecule has 0 fully saturated rings. The van der Waals surface area contributed by atoms with Crippen LogP contribution in [0.3, 0.4) is 0 Å². The van der Waals surface area contributed by atoms with Gasteiger partial charge < -0.3 is 5.32 Å². The van der Waals surface area contributed by atoms with Gasteiger partial charge in [-0.2, -0.15) is 0 Å². The molecule has 5 nitrogen and oxygen atoms in total. The molecule has 1 aromatic rings. The van der Waals surface area contributed by atoms with E-state index in [0.29, 0.717) is 5.95 Å². The minimum absolute atomic E-state index is 0.0894. The van der Waals surface area contributed by atoms with Gasteiger partial charge in [0.05, 0.1) is 0 Å². The molecule has 0 aliphatic rings. The monoisotopic (exact) mass is 198 g/mol. The second-order valence-electron chi connectivity index (χ2n) is 4.27. The summed E-state index contributed by atoms with van der Waals surface area (Å²) in [5, 5.41) is 7.20. The fourth-order valence-electron chi connectivity index (χ4n) is 1.34. The number of hydrogen-bond donors (Lipinski definition) is 1. The van der Waals surface area contributed by atoms with E-state index in [-0.39, 0.29) is 11.2 Å². The Morgan fingerprint density at radius 3 is 2.43 bits per heavy atom. The molecule has 0 saturated carbocycles. The third-order valence-electron chi connectivity index (χ3n) is 1.93. The number of aryl methyl sites for hydroxylation is 1. The van der Waals surface area contributed by atoms with Crippen LogP contribution in [-0.4, -0.2) is 20.9 Å². The van der Waals surface area contributed by atoms with Crippen molar-refractivity contribution in [2.24, 2.45) is 7.05 Å². The summed E-state index contributed by atoms with van der Waals surface area (Å²) in [6.07, 6.45) is 0. The summed E-state index contributed by atoms with van der Waals surface area (Å²) in [5.41, 5.74) is -0.337. The highest BCUT2D eigenvalue weighted by atomic mass is 16.2. The highest BCUT2D eigenvalue weighted by Crippen LogP contribution is 2.15. The predicted molar refractivity (Wildman–Crippen MR) is 56.6 cm³/mol. The summed E-state index contributed by atoms with van der Waals surface area (Å²) < 4.78 is 3.01. The van der Waals surface area contributed by atoms with E-state index in [4.69, 9.17) is 0 Å². The maximum atomic E-state index is 11.7. The Morgan fingerprint density at radius 1 is 1.43 bits per heavy atom. The Hall–Kier alpha value is -1.26. The molecule has 0 unspecified atom stereocenters. The van der Waals surface area contributed by atoms with E-state index in [9.17, 15) is 4.79 Å². The maximum absolute atomic E-state index is 11.7. The predicted octanol–water partition coefficient (Wildman–Crippen LogP) is 0.769. The molecule has 1 N–H and O–H groups in total. The van der Waals surface area contributed by atoms with Crippen molar-refractivity contribution >= 4 is 5.95 Å². The van der Waals surface area contributed by atoms with E-state index in [1.807, 2.05) is 27.7 Å². The minimum atomic E-state index is -0.247. The molecule has 14 heavy (non-hydrogen) atoms. The van der Waals surface area contributed by atoms with Crippen LogP contribution in [0.4, 0.5) is 5.95 Å². The van der Waals surface area contributed by atoms with Crippen molar-refractivity contribution < 1.29 is 0 Å². The number of anilines is 1. The molecular formula is C9H18N4O. The van der Waals surface area contributed by atoms with E-state index in [1.54, 1.807) is 11.6 Å². The van der Waals surface area contributed by atoms with Gasteiger partial charge in [-0.15, -0.1) is 5.10 Å². The molecule has 1 aromatic heterocycles. The van der Waals surface area contributed by atoms with Gasteiger partial charge in [-0.05, 0) is 27.7 Å². The maximum Gasteiger partial charge on any atom is 0.347 e. The van der Waals surface area contributed by atoms with Crippen molar-refractivity contribution in [3.63, 3.8) is 0 Å². The van der Waals surface area contributed by atoms with Crippen LogP contribution in [0.25, 0.3) is 0 Å². The lowest BCUT2D eigenvalue weighted by Crippen LogP contribution is -2.35. The number of nitrogens with zero attached hydrogens (tertiary/aromatic N) is 3. The summed E-state index contributed by atoms with van der Waals surface area (Å²) in [6, 6.07) is 0. The number of rotatable bonds is 2. The summed E-state index contributed by atoms with van der Waals surface area (Å²) in [4.78, 5) is 11.7. The third-order valence-corrected chi connectivity index (χ3v) is 1.93. The summed E-state index contributed by atoms with van der Waals surface area (Å²) in [6.45, 7) is 8.68. The standard InChI is InChI=1S/C9H18N4O/c1-6-10-7-11-12(5)8(14)13(7)9(2,3)4/h6H2,1-5H3,(H,10,11). The summed E-state index contributed by atoms with van der Waals surface area (Å²) in [5.74, 6) is 0.632. The highest BCUT2D eigenvalue weighted by Gasteiger charge is 2.21. The van der Waals surface area contributed by atoms with Crippen LogP contribution in [-0.2, 0) is 12.6 Å². The van der Waals surface area contributed by atoms with E-state index >= 15 is 0 Å². The van der Waals surface area contributed by atoms with Crippen LogP contribution in [0.1, 0.15) is 27.7 Å². The minimum Gasteiger partial charge on any atom is -0.355 e. The first kappa shape index (κ1) is 10.8. The first-order valence-corrected chi connectivity index (χ1v) is 4.78. The van der Waals surface area contributed by atoms with Crippen LogP contribution in [0.2, 0.25) is 0 Å². The largest absolute Gasteiger partial charge is 0.355 e. The molecule has 1 rings (SSSR count). The molecule has 0 spiro atoms. The van der Waals surface area contributed by atoms with Crippen LogP contribution in [0.5, 0.6) is 0 Å². The molecule has 0 saturated heterocycles. The molecule has 0 aliphatic carbocycles. The van der Waals surface area contributed by atoms with Gasteiger partial charge in [0, 0.05) is 19.1 Å². The smallest absolute Gasteiger partial charge is 0.347 e. The van der Waals surface area contributed by atoms with Gasteiger partial charge in [0.2, 0.25) is 5.95 Å². The van der Waals surface area contributed by atoms with Crippen molar-refractivity contribution in [1.82, 2.24) is 14.3 Å². The molecule has 80 valence electrons. The summed E-state index contributed by atoms with van der Waals surface area (Å²) in [7, 11) is 1.66. The second kappa shape index (κ2) is 3.48. The molecule has 0 amide bonds. The topological polar surface area (TPSA) is 51.9 Å². The highest BCUT2D eigenvalue weighted by molar-refractivity contribution is 5.25. The SMILES string of the molecule is CCNc1nn(C)c(=O)n1C(C)(C)C. The molecule has 0 bridgehead atoms. The molecule has 0 aromatic carbocycles. The van der Waals surface area contributed by atoms with Gasteiger partial charge in [0.1, 0.15) is 0 Å². The zero-order chi connectivity index (χ0) is 10.9. The molecule has 1 heterocycles. The molecule has 0 aliphatic heterocycles. The van der Waals surface area contributed by atoms with Gasteiger partial charge >= 0.3 is 5.69 Å². The lowest BCUT2D eigenvalue weighted by Gasteiger charge is -2.21. The van der Waals surface area contributed by atoms with Gasteiger partial charge in [-0.3, -0.25) is 4.57 Å². The Kier molecular flexibility index (Phi) is 2.69. The van der Waals surface area contributed by atoms with Gasteiger partial charge in [-0.1, -0.05) is 0 Å². The van der Waals surface area contributed by atoms with Gasteiger partial charge in [-0.25, -0.2) is 9.48 Å². The van der Waals surface area contributed by atoms with Crippen LogP contribution in [0, 0.1) is 0 Å². The normalized spacial score (nSPS) is 11.8. The average Bonchev–Trinajstić information content (AvgIpc) is 2.27. The van der Waals surface area contributed by atoms with E-state index in [0.717, 1.165) is 6.54 Å². The van der Waals surface area contributed by atoms with Crippen LogP contribution < -0.4 is 11.0 Å². The number of nitrogens with one attached hydrogen (secondary N) is 1. The summed E-state index contributed by atoms with van der Waals surface area (Å²) >= 11 is 0. The lowest BCUT2D eigenvalue weighted by molar-refractivity contribution is 0.385. The molecule has 0 atom stereocenters. The van der Waals surface area contributed by atoms with Gasteiger partial charge in [0.25, 0.3) is 0 Å². The van der Waals surface area contributed by atoms with E-state index in [1.165, 1.54) is 4.68 Å². The third kappa shape index (κ3) is 1.81. The first-order valence-electron chi connectivity index (χ1n) is 4.78. The number of aromatic nitrogens is 3. The Morgan fingerprint density at radius 2 is 2.00 bits per heavy atom. The molecule has 0 radical (unpaired) electrons. The van der Waals surface area contributed by atoms with Crippen molar-refractivity contribution in [3.8, 4) is 0 Å². The molecular weight excluding hydrogens is 180 g/mol. The second-order valence-corrected chi connectivity index (χ2v) is 4.27. The first-order chi connectivity index (χ1) is 6.38. The van der Waals surface area contributed by atoms with E-state index < -0.39 is 0 Å². The van der Waals surface area contributed by atoms with Crippen molar-refractivity contribution in [2.45, 2.75) is 33.2 Å². The van der Waals surface area contributed by atoms with Crippen LogP contribution >= 0.6 is 0 Å². The Bertz CT molecular complexity index is 369. The fraction of sp³-hybridized carbons (Fsp3) is 0.778. The number of hydrogen-bond acceptors (Lipinski definition) is 3. The quantitative estimate of drug-likeness (QED) is 0.763.